The smallest absolute Gasteiger partial charge is 0.307 e. The van der Waals surface area contributed by atoms with E-state index in [0.717, 1.165) is 29.1 Å². The van der Waals surface area contributed by atoms with Crippen LogP contribution in [-0.4, -0.2) is 38.8 Å². The van der Waals surface area contributed by atoms with Crippen molar-refractivity contribution in [3.8, 4) is 0 Å². The number of amides is 1. The minimum absolute atomic E-state index is 0.0815. The third kappa shape index (κ3) is 6.02. The average molecular weight is 401 g/mol. The molecule has 0 heterocycles. The summed E-state index contributed by atoms with van der Waals surface area (Å²) in [7, 11) is 3.38. The Morgan fingerprint density at radius 3 is 2.29 bits per heavy atom. The van der Waals surface area contributed by atoms with E-state index in [2.05, 4.69) is 17.1 Å². The molecule has 0 aliphatic heterocycles. The van der Waals surface area contributed by atoms with Crippen molar-refractivity contribution in [2.45, 2.75) is 30.7 Å². The van der Waals surface area contributed by atoms with Crippen molar-refractivity contribution in [2.75, 3.05) is 31.9 Å². The fourth-order valence-electron chi connectivity index (χ4n) is 2.91. The SMILES string of the molecule is CCCN(C)c1ccc(C(=O)NC(CC(=O)OC)c2ccc(SC)cc2)cc1. The summed E-state index contributed by atoms with van der Waals surface area (Å²) in [5.41, 5.74) is 2.50. The zero-order valence-corrected chi connectivity index (χ0v) is 17.7. The van der Waals surface area contributed by atoms with Gasteiger partial charge in [0.1, 0.15) is 0 Å². The van der Waals surface area contributed by atoms with Crippen LogP contribution in [0.15, 0.2) is 53.4 Å². The third-order valence-electron chi connectivity index (χ3n) is 4.55. The Balaban J connectivity index is 2.15. The van der Waals surface area contributed by atoms with Gasteiger partial charge in [-0.2, -0.15) is 0 Å². The van der Waals surface area contributed by atoms with Crippen LogP contribution in [0.1, 0.15) is 41.7 Å². The van der Waals surface area contributed by atoms with Gasteiger partial charge in [0.15, 0.2) is 0 Å². The van der Waals surface area contributed by atoms with Crippen molar-refractivity contribution in [1.82, 2.24) is 5.32 Å². The Bertz CT molecular complexity index is 775. The molecule has 6 heteroatoms. The molecule has 0 bridgehead atoms. The summed E-state index contributed by atoms with van der Waals surface area (Å²) in [6.45, 7) is 3.09. The molecule has 0 aromatic heterocycles. The number of benzene rings is 2. The molecule has 0 saturated heterocycles. The van der Waals surface area contributed by atoms with Crippen LogP contribution in [0.3, 0.4) is 0 Å². The van der Waals surface area contributed by atoms with E-state index in [1.807, 2.05) is 61.8 Å². The van der Waals surface area contributed by atoms with Gasteiger partial charge in [-0.3, -0.25) is 9.59 Å². The summed E-state index contributed by atoms with van der Waals surface area (Å²) < 4.78 is 4.80. The van der Waals surface area contributed by atoms with Crippen LogP contribution >= 0.6 is 11.8 Å². The highest BCUT2D eigenvalue weighted by molar-refractivity contribution is 7.98. The number of esters is 1. The molecule has 1 N–H and O–H groups in total. The van der Waals surface area contributed by atoms with E-state index in [1.54, 1.807) is 11.8 Å². The first kappa shape index (κ1) is 21.8. The number of nitrogens with one attached hydrogen (secondary N) is 1. The topological polar surface area (TPSA) is 58.6 Å². The first-order chi connectivity index (χ1) is 13.5. The second-order valence-corrected chi connectivity index (χ2v) is 7.43. The van der Waals surface area contributed by atoms with Crippen molar-refractivity contribution in [2.24, 2.45) is 0 Å². The Labute approximate surface area is 171 Å². The van der Waals surface area contributed by atoms with Gasteiger partial charge >= 0.3 is 5.97 Å². The lowest BCUT2D eigenvalue weighted by Gasteiger charge is -2.20. The van der Waals surface area contributed by atoms with Gasteiger partial charge in [0.2, 0.25) is 0 Å². The van der Waals surface area contributed by atoms with E-state index < -0.39 is 6.04 Å². The number of carbonyl (C=O) groups excluding carboxylic acids is 2. The van der Waals surface area contributed by atoms with Crippen molar-refractivity contribution < 1.29 is 14.3 Å². The zero-order valence-electron chi connectivity index (χ0n) is 16.9. The molecule has 1 amide bonds. The van der Waals surface area contributed by atoms with Gasteiger partial charge in [-0.1, -0.05) is 19.1 Å². The van der Waals surface area contributed by atoms with Gasteiger partial charge in [0, 0.05) is 29.7 Å². The Morgan fingerprint density at radius 1 is 1.11 bits per heavy atom. The predicted octanol–water partition coefficient (Wildman–Crippen LogP) is 4.29. The lowest BCUT2D eigenvalue weighted by atomic mass is 10.0. The van der Waals surface area contributed by atoms with E-state index in [1.165, 1.54) is 7.11 Å². The van der Waals surface area contributed by atoms with Crippen molar-refractivity contribution >= 4 is 29.3 Å². The number of ether oxygens (including phenoxy) is 1. The molecule has 5 nitrogen and oxygen atoms in total. The molecule has 0 aliphatic carbocycles. The van der Waals surface area contributed by atoms with Gasteiger partial charge in [0.05, 0.1) is 19.6 Å². The number of nitrogens with zero attached hydrogens (tertiary/aromatic N) is 1. The fourth-order valence-corrected chi connectivity index (χ4v) is 3.32. The molecule has 2 rings (SSSR count). The number of anilines is 1. The molecule has 1 unspecified atom stereocenters. The van der Waals surface area contributed by atoms with Gasteiger partial charge in [-0.05, 0) is 54.6 Å². The van der Waals surface area contributed by atoms with E-state index in [-0.39, 0.29) is 18.3 Å². The lowest BCUT2D eigenvalue weighted by Crippen LogP contribution is -2.30. The monoisotopic (exact) mass is 400 g/mol. The summed E-state index contributed by atoms with van der Waals surface area (Å²) in [4.78, 5) is 27.9. The Hall–Kier alpha value is -2.47. The predicted molar refractivity (Wildman–Crippen MR) is 115 cm³/mol. The van der Waals surface area contributed by atoms with Gasteiger partial charge < -0.3 is 15.0 Å². The molecular formula is C22H28N2O3S. The number of thioether (sulfide) groups is 1. The van der Waals surface area contributed by atoms with Crippen LogP contribution in [0, 0.1) is 0 Å². The quantitative estimate of drug-likeness (QED) is 0.503. The van der Waals surface area contributed by atoms with E-state index in [9.17, 15) is 9.59 Å². The second-order valence-electron chi connectivity index (χ2n) is 6.55. The Morgan fingerprint density at radius 2 is 1.75 bits per heavy atom. The summed E-state index contributed by atoms with van der Waals surface area (Å²) in [6, 6.07) is 14.9. The molecular weight excluding hydrogens is 372 g/mol. The molecule has 0 radical (unpaired) electrons. The lowest BCUT2D eigenvalue weighted by molar-refractivity contribution is -0.141. The number of methoxy groups -OCH3 is 1. The third-order valence-corrected chi connectivity index (χ3v) is 5.29. The van der Waals surface area contributed by atoms with Crippen LogP contribution in [0.25, 0.3) is 0 Å². The minimum atomic E-state index is -0.446. The summed E-state index contributed by atoms with van der Waals surface area (Å²) in [5.74, 6) is -0.580. The summed E-state index contributed by atoms with van der Waals surface area (Å²) in [5, 5.41) is 2.97. The van der Waals surface area contributed by atoms with E-state index in [4.69, 9.17) is 4.74 Å². The van der Waals surface area contributed by atoms with Crippen LogP contribution < -0.4 is 10.2 Å². The molecule has 1 atom stereocenters. The van der Waals surface area contributed by atoms with Crippen molar-refractivity contribution in [3.63, 3.8) is 0 Å². The van der Waals surface area contributed by atoms with Crippen LogP contribution in [0.5, 0.6) is 0 Å². The Kier molecular flexibility index (Phi) is 8.39. The van der Waals surface area contributed by atoms with Gasteiger partial charge in [0.25, 0.3) is 5.91 Å². The first-order valence-corrected chi connectivity index (χ1v) is 10.5. The zero-order chi connectivity index (χ0) is 20.5. The van der Waals surface area contributed by atoms with Crippen molar-refractivity contribution in [3.05, 3.63) is 59.7 Å². The van der Waals surface area contributed by atoms with Gasteiger partial charge in [-0.15, -0.1) is 11.8 Å². The molecule has 150 valence electrons. The summed E-state index contributed by atoms with van der Waals surface area (Å²) >= 11 is 1.64. The van der Waals surface area contributed by atoms with E-state index >= 15 is 0 Å². The van der Waals surface area contributed by atoms with Crippen LogP contribution in [0.4, 0.5) is 5.69 Å². The molecule has 0 spiro atoms. The maximum absolute atomic E-state index is 12.7. The number of rotatable bonds is 9. The highest BCUT2D eigenvalue weighted by Crippen LogP contribution is 2.22. The largest absolute Gasteiger partial charge is 0.469 e. The maximum Gasteiger partial charge on any atom is 0.307 e. The highest BCUT2D eigenvalue weighted by atomic mass is 32.2. The molecule has 0 saturated carbocycles. The standard InChI is InChI=1S/C22H28N2O3S/c1-5-14-24(2)18-10-6-17(7-11-18)22(26)23-20(15-21(25)27-3)16-8-12-19(28-4)13-9-16/h6-13,20H,5,14-15H2,1-4H3,(H,23,26). The fraction of sp³-hybridized carbons (Fsp3) is 0.364. The van der Waals surface area contributed by atoms with Crippen LogP contribution in [-0.2, 0) is 9.53 Å². The summed E-state index contributed by atoms with van der Waals surface area (Å²) in [6.07, 6.45) is 3.14. The van der Waals surface area contributed by atoms with Gasteiger partial charge in [-0.25, -0.2) is 0 Å². The minimum Gasteiger partial charge on any atom is -0.469 e. The van der Waals surface area contributed by atoms with Crippen LogP contribution in [0.2, 0.25) is 0 Å². The first-order valence-electron chi connectivity index (χ1n) is 9.31. The number of hydrogen-bond acceptors (Lipinski definition) is 5. The average Bonchev–Trinajstić information content (AvgIpc) is 2.73. The second kappa shape index (κ2) is 10.8. The molecule has 2 aromatic rings. The molecule has 0 fully saturated rings. The molecule has 0 aliphatic rings. The molecule has 2 aromatic carbocycles. The normalized spacial score (nSPS) is 11.6. The van der Waals surface area contributed by atoms with E-state index in [0.29, 0.717) is 5.56 Å². The number of hydrogen-bond donors (Lipinski definition) is 1. The number of carbonyl (C=O) groups is 2. The maximum atomic E-state index is 12.7. The molecule has 28 heavy (non-hydrogen) atoms. The highest BCUT2D eigenvalue weighted by Gasteiger charge is 2.20. The van der Waals surface area contributed by atoms with Crippen molar-refractivity contribution in [1.29, 1.82) is 0 Å².